The van der Waals surface area contributed by atoms with E-state index in [0.29, 0.717) is 18.5 Å². The van der Waals surface area contributed by atoms with Gasteiger partial charge in [0.25, 0.3) is 0 Å². The van der Waals surface area contributed by atoms with Crippen molar-refractivity contribution in [3.05, 3.63) is 29.8 Å². The third-order valence-corrected chi connectivity index (χ3v) is 2.88. The minimum atomic E-state index is -0.603. The van der Waals surface area contributed by atoms with Crippen LogP contribution in [0.4, 0.5) is 10.5 Å². The standard InChI is InChI=1S/C17H27N3O3/c1-12(2)9-18-16(21)10-19-17(22)23-11-14-5-7-15(8-6-14)20-13(3)4/h5-8,12-13,20H,9-11H2,1-4H3,(H,18,21)(H,19,22). The van der Waals surface area contributed by atoms with Gasteiger partial charge in [-0.25, -0.2) is 4.79 Å². The lowest BCUT2D eigenvalue weighted by molar-refractivity contribution is -0.120. The Balaban J connectivity index is 2.26. The number of anilines is 1. The van der Waals surface area contributed by atoms with E-state index in [2.05, 4.69) is 29.8 Å². The predicted octanol–water partition coefficient (Wildman–Crippen LogP) is 2.51. The van der Waals surface area contributed by atoms with Gasteiger partial charge in [-0.05, 0) is 37.5 Å². The molecule has 0 bridgehead atoms. The largest absolute Gasteiger partial charge is 0.445 e. The Bertz CT molecular complexity index is 498. The minimum Gasteiger partial charge on any atom is -0.445 e. The number of benzene rings is 1. The summed E-state index contributed by atoms with van der Waals surface area (Å²) in [6, 6.07) is 8.04. The number of carbonyl (C=O) groups excluding carboxylic acids is 2. The number of nitrogens with one attached hydrogen (secondary N) is 3. The van der Waals surface area contributed by atoms with Crippen molar-refractivity contribution in [1.82, 2.24) is 10.6 Å². The summed E-state index contributed by atoms with van der Waals surface area (Å²) in [5, 5.41) is 8.43. The van der Waals surface area contributed by atoms with E-state index in [4.69, 9.17) is 4.74 Å². The highest BCUT2D eigenvalue weighted by Crippen LogP contribution is 2.11. The molecule has 0 spiro atoms. The van der Waals surface area contributed by atoms with Crippen LogP contribution in [0.1, 0.15) is 33.3 Å². The fourth-order valence-electron chi connectivity index (χ4n) is 1.76. The molecule has 0 aliphatic rings. The van der Waals surface area contributed by atoms with Crippen LogP contribution in [-0.4, -0.2) is 31.1 Å². The van der Waals surface area contributed by atoms with Crippen LogP contribution in [-0.2, 0) is 16.1 Å². The van der Waals surface area contributed by atoms with Gasteiger partial charge in [0.05, 0.1) is 6.54 Å². The number of carbonyl (C=O) groups is 2. The smallest absolute Gasteiger partial charge is 0.407 e. The van der Waals surface area contributed by atoms with Gasteiger partial charge in [0.15, 0.2) is 0 Å². The number of ether oxygens (including phenoxy) is 1. The van der Waals surface area contributed by atoms with Crippen LogP contribution < -0.4 is 16.0 Å². The van der Waals surface area contributed by atoms with Gasteiger partial charge < -0.3 is 20.7 Å². The molecule has 1 rings (SSSR count). The molecule has 0 fully saturated rings. The molecule has 6 heteroatoms. The second kappa shape index (κ2) is 9.71. The summed E-state index contributed by atoms with van der Waals surface area (Å²) in [6.07, 6.45) is -0.603. The van der Waals surface area contributed by atoms with Crippen molar-refractivity contribution >= 4 is 17.7 Å². The first kappa shape index (κ1) is 18.8. The quantitative estimate of drug-likeness (QED) is 0.687. The van der Waals surface area contributed by atoms with E-state index < -0.39 is 6.09 Å². The average Bonchev–Trinajstić information content (AvgIpc) is 2.49. The molecule has 0 aliphatic heterocycles. The maximum atomic E-state index is 11.5. The Morgan fingerprint density at radius 1 is 1.04 bits per heavy atom. The average molecular weight is 321 g/mol. The third-order valence-electron chi connectivity index (χ3n) is 2.88. The molecule has 0 aromatic heterocycles. The van der Waals surface area contributed by atoms with E-state index in [1.807, 2.05) is 38.1 Å². The van der Waals surface area contributed by atoms with E-state index in [1.54, 1.807) is 0 Å². The van der Waals surface area contributed by atoms with Crippen molar-refractivity contribution in [2.24, 2.45) is 5.92 Å². The van der Waals surface area contributed by atoms with E-state index in [9.17, 15) is 9.59 Å². The van der Waals surface area contributed by atoms with Gasteiger partial charge in [-0.15, -0.1) is 0 Å². The second-order valence-corrected chi connectivity index (χ2v) is 6.12. The Labute approximate surface area is 138 Å². The molecule has 0 atom stereocenters. The molecule has 0 heterocycles. The zero-order chi connectivity index (χ0) is 17.2. The first-order chi connectivity index (χ1) is 10.9. The van der Waals surface area contributed by atoms with Crippen LogP contribution in [0.25, 0.3) is 0 Å². The van der Waals surface area contributed by atoms with Gasteiger partial charge >= 0.3 is 6.09 Å². The predicted molar refractivity (Wildman–Crippen MR) is 91.2 cm³/mol. The van der Waals surface area contributed by atoms with Crippen molar-refractivity contribution < 1.29 is 14.3 Å². The Hall–Kier alpha value is -2.24. The van der Waals surface area contributed by atoms with Crippen LogP contribution in [0.3, 0.4) is 0 Å². The lowest BCUT2D eigenvalue weighted by atomic mass is 10.2. The van der Waals surface area contributed by atoms with Gasteiger partial charge in [-0.1, -0.05) is 26.0 Å². The molecule has 0 saturated heterocycles. The molecule has 0 unspecified atom stereocenters. The van der Waals surface area contributed by atoms with Crippen LogP contribution in [0.5, 0.6) is 0 Å². The first-order valence-electron chi connectivity index (χ1n) is 7.89. The maximum Gasteiger partial charge on any atom is 0.407 e. The van der Waals surface area contributed by atoms with E-state index >= 15 is 0 Å². The van der Waals surface area contributed by atoms with E-state index in [1.165, 1.54) is 0 Å². The minimum absolute atomic E-state index is 0.0806. The number of amides is 2. The summed E-state index contributed by atoms with van der Waals surface area (Å²) < 4.78 is 5.07. The highest BCUT2D eigenvalue weighted by atomic mass is 16.5. The lowest BCUT2D eigenvalue weighted by Gasteiger charge is -2.11. The summed E-state index contributed by atoms with van der Waals surface area (Å²) in [4.78, 5) is 23.0. The topological polar surface area (TPSA) is 79.5 Å². The molecular weight excluding hydrogens is 294 g/mol. The number of alkyl carbamates (subject to hydrolysis) is 1. The first-order valence-corrected chi connectivity index (χ1v) is 7.89. The number of hydrogen-bond acceptors (Lipinski definition) is 4. The highest BCUT2D eigenvalue weighted by molar-refractivity contribution is 5.82. The molecule has 6 nitrogen and oxygen atoms in total. The molecular formula is C17H27N3O3. The van der Waals surface area contributed by atoms with E-state index in [0.717, 1.165) is 11.3 Å². The molecule has 23 heavy (non-hydrogen) atoms. The fraction of sp³-hybridized carbons (Fsp3) is 0.529. The third kappa shape index (κ3) is 8.70. The van der Waals surface area contributed by atoms with E-state index in [-0.39, 0.29) is 19.1 Å². The van der Waals surface area contributed by atoms with Gasteiger partial charge in [0.2, 0.25) is 5.91 Å². The summed E-state index contributed by atoms with van der Waals surface area (Å²) in [5.74, 6) is 0.152. The summed E-state index contributed by atoms with van der Waals surface area (Å²) in [5.41, 5.74) is 1.91. The molecule has 128 valence electrons. The summed E-state index contributed by atoms with van der Waals surface area (Å²) in [7, 11) is 0. The Morgan fingerprint density at radius 3 is 2.26 bits per heavy atom. The van der Waals surface area contributed by atoms with Crippen LogP contribution in [0.2, 0.25) is 0 Å². The molecule has 2 amide bonds. The Morgan fingerprint density at radius 2 is 1.70 bits per heavy atom. The fourth-order valence-corrected chi connectivity index (χ4v) is 1.76. The second-order valence-electron chi connectivity index (χ2n) is 6.12. The van der Waals surface area contributed by atoms with Crippen molar-refractivity contribution in [3.63, 3.8) is 0 Å². The molecule has 0 saturated carbocycles. The monoisotopic (exact) mass is 321 g/mol. The zero-order valence-corrected chi connectivity index (χ0v) is 14.3. The Kier molecular flexibility index (Phi) is 7.94. The van der Waals surface area contributed by atoms with Gasteiger partial charge in [0.1, 0.15) is 6.61 Å². The lowest BCUT2D eigenvalue weighted by Crippen LogP contribution is -2.38. The molecule has 1 aromatic carbocycles. The molecule has 0 aliphatic carbocycles. The van der Waals surface area contributed by atoms with Crippen molar-refractivity contribution in [1.29, 1.82) is 0 Å². The maximum absolute atomic E-state index is 11.5. The zero-order valence-electron chi connectivity index (χ0n) is 14.3. The number of hydrogen-bond donors (Lipinski definition) is 3. The van der Waals surface area contributed by atoms with Crippen LogP contribution in [0, 0.1) is 5.92 Å². The van der Waals surface area contributed by atoms with Crippen molar-refractivity contribution in [3.8, 4) is 0 Å². The molecule has 1 aromatic rings. The molecule has 0 radical (unpaired) electrons. The normalized spacial score (nSPS) is 10.5. The SMILES string of the molecule is CC(C)CNC(=O)CNC(=O)OCc1ccc(NC(C)C)cc1. The van der Waals surface area contributed by atoms with Crippen molar-refractivity contribution in [2.45, 2.75) is 40.3 Å². The van der Waals surface area contributed by atoms with Crippen LogP contribution >= 0.6 is 0 Å². The number of rotatable bonds is 8. The van der Waals surface area contributed by atoms with Crippen molar-refractivity contribution in [2.75, 3.05) is 18.4 Å². The van der Waals surface area contributed by atoms with Gasteiger partial charge in [-0.2, -0.15) is 0 Å². The summed E-state index contributed by atoms with van der Waals surface area (Å²) in [6.45, 7) is 8.82. The van der Waals surface area contributed by atoms with Gasteiger partial charge in [0, 0.05) is 18.3 Å². The molecule has 3 N–H and O–H groups in total. The van der Waals surface area contributed by atoms with Gasteiger partial charge in [-0.3, -0.25) is 4.79 Å². The highest BCUT2D eigenvalue weighted by Gasteiger charge is 2.07. The summed E-state index contributed by atoms with van der Waals surface area (Å²) >= 11 is 0. The van der Waals surface area contributed by atoms with Crippen LogP contribution in [0.15, 0.2) is 24.3 Å².